The van der Waals surface area contributed by atoms with Crippen molar-refractivity contribution in [3.05, 3.63) is 17.0 Å². The van der Waals surface area contributed by atoms with Crippen LogP contribution < -0.4 is 0 Å². The molecule has 5 nitrogen and oxygen atoms in total. The zero-order valence-electron chi connectivity index (χ0n) is 17.2. The number of carbonyl (C=O) groups is 2. The molecule has 1 saturated heterocycles. The number of Topliss-reactive ketones (excluding diaryl/α,β-unsaturated/α-hetero) is 1. The summed E-state index contributed by atoms with van der Waals surface area (Å²) in [6.45, 7) is 5.08. The van der Waals surface area contributed by atoms with Crippen LogP contribution in [0.2, 0.25) is 0 Å². The average Bonchev–Trinajstić information content (AvgIpc) is 3.36. The number of hydrogen-bond acceptors (Lipinski definition) is 3. The third-order valence-corrected chi connectivity index (χ3v) is 6.64. The van der Waals surface area contributed by atoms with Crippen molar-refractivity contribution in [3.63, 3.8) is 0 Å². The number of amides is 1. The Kier molecular flexibility index (Phi) is 5.07. The van der Waals surface area contributed by atoms with E-state index in [1.165, 1.54) is 12.8 Å². The number of carbonyl (C=O) groups excluding carboxylic acids is 2. The van der Waals surface area contributed by atoms with Crippen LogP contribution in [0.1, 0.15) is 105 Å². The molecule has 3 aliphatic rings. The summed E-state index contributed by atoms with van der Waals surface area (Å²) in [5, 5.41) is 5.05. The number of ketones is 1. The minimum Gasteiger partial charge on any atom is -0.334 e. The second-order valence-corrected chi connectivity index (χ2v) is 9.48. The Bertz CT molecular complexity index is 824. The summed E-state index contributed by atoms with van der Waals surface area (Å²) in [6.07, 6.45) is 14.2. The normalized spacial score (nSPS) is 24.4. The predicted molar refractivity (Wildman–Crippen MR) is 108 cm³/mol. The Morgan fingerprint density at radius 1 is 1.21 bits per heavy atom. The molecule has 2 aliphatic carbocycles. The van der Waals surface area contributed by atoms with Crippen molar-refractivity contribution in [2.45, 2.75) is 90.1 Å². The monoisotopic (exact) mass is 381 g/mol. The van der Waals surface area contributed by atoms with Gasteiger partial charge in [-0.2, -0.15) is 5.10 Å². The van der Waals surface area contributed by atoms with Crippen LogP contribution in [0.3, 0.4) is 0 Å². The van der Waals surface area contributed by atoms with Crippen LogP contribution in [0.4, 0.5) is 0 Å². The molecule has 1 saturated carbocycles. The van der Waals surface area contributed by atoms with Crippen LogP contribution in [0.15, 0.2) is 0 Å². The van der Waals surface area contributed by atoms with Crippen molar-refractivity contribution in [2.75, 3.05) is 6.54 Å². The zero-order chi connectivity index (χ0) is 19.9. The molecule has 4 rings (SSSR count). The van der Waals surface area contributed by atoms with E-state index in [1.54, 1.807) is 0 Å². The van der Waals surface area contributed by atoms with Gasteiger partial charge in [-0.15, -0.1) is 12.3 Å². The first kappa shape index (κ1) is 19.2. The van der Waals surface area contributed by atoms with E-state index in [2.05, 4.69) is 24.4 Å². The SMILES string of the molecule is C#CCCC(=O)N1CCC[C@H]1c1nn(C2CCCC2)c2c1C(=O)CC(C)(C)C2. The van der Waals surface area contributed by atoms with E-state index in [0.29, 0.717) is 25.3 Å². The van der Waals surface area contributed by atoms with Gasteiger partial charge in [0.1, 0.15) is 0 Å². The first-order valence-corrected chi connectivity index (χ1v) is 10.8. The summed E-state index contributed by atoms with van der Waals surface area (Å²) in [5.41, 5.74) is 2.77. The average molecular weight is 382 g/mol. The number of hydrogen-bond donors (Lipinski definition) is 0. The number of likely N-dealkylation sites (tertiary alicyclic amines) is 1. The molecule has 0 unspecified atom stereocenters. The van der Waals surface area contributed by atoms with Crippen molar-refractivity contribution in [3.8, 4) is 12.3 Å². The van der Waals surface area contributed by atoms with Gasteiger partial charge in [0, 0.05) is 25.8 Å². The summed E-state index contributed by atoms with van der Waals surface area (Å²) >= 11 is 0. The minimum absolute atomic E-state index is 0.0320. The van der Waals surface area contributed by atoms with Crippen molar-refractivity contribution < 1.29 is 9.59 Å². The highest BCUT2D eigenvalue weighted by Crippen LogP contribution is 2.43. The molecule has 2 heterocycles. The Morgan fingerprint density at radius 2 is 1.96 bits per heavy atom. The van der Waals surface area contributed by atoms with Crippen LogP contribution >= 0.6 is 0 Å². The fraction of sp³-hybridized carbons (Fsp3) is 0.696. The van der Waals surface area contributed by atoms with E-state index >= 15 is 0 Å². The van der Waals surface area contributed by atoms with Gasteiger partial charge in [0.05, 0.1) is 29.0 Å². The van der Waals surface area contributed by atoms with Gasteiger partial charge in [-0.1, -0.05) is 26.7 Å². The van der Waals surface area contributed by atoms with Crippen LogP contribution in [0.5, 0.6) is 0 Å². The third kappa shape index (κ3) is 3.38. The van der Waals surface area contributed by atoms with E-state index in [9.17, 15) is 9.59 Å². The molecular formula is C23H31N3O2. The molecule has 2 fully saturated rings. The highest BCUT2D eigenvalue weighted by molar-refractivity contribution is 6.00. The zero-order valence-corrected chi connectivity index (χ0v) is 17.2. The molecule has 1 amide bonds. The number of rotatable bonds is 4. The van der Waals surface area contributed by atoms with E-state index in [0.717, 1.165) is 55.6 Å². The Labute approximate surface area is 167 Å². The number of terminal acetylenes is 1. The molecule has 1 atom stereocenters. The maximum Gasteiger partial charge on any atom is 0.224 e. The van der Waals surface area contributed by atoms with Gasteiger partial charge in [0.15, 0.2) is 5.78 Å². The molecule has 0 radical (unpaired) electrons. The van der Waals surface area contributed by atoms with E-state index in [4.69, 9.17) is 11.5 Å². The van der Waals surface area contributed by atoms with Gasteiger partial charge in [-0.05, 0) is 37.5 Å². The fourth-order valence-corrected chi connectivity index (χ4v) is 5.36. The number of aromatic nitrogens is 2. The molecule has 0 N–H and O–H groups in total. The molecule has 1 aromatic heterocycles. The summed E-state index contributed by atoms with van der Waals surface area (Å²) in [7, 11) is 0. The van der Waals surface area contributed by atoms with Crippen LogP contribution in [0, 0.1) is 17.8 Å². The summed E-state index contributed by atoms with van der Waals surface area (Å²) < 4.78 is 2.18. The molecule has 1 aliphatic heterocycles. The van der Waals surface area contributed by atoms with Gasteiger partial charge in [-0.25, -0.2) is 0 Å². The molecular weight excluding hydrogens is 350 g/mol. The molecule has 0 bridgehead atoms. The van der Waals surface area contributed by atoms with Crippen molar-refractivity contribution >= 4 is 11.7 Å². The third-order valence-electron chi connectivity index (χ3n) is 6.64. The molecule has 0 aromatic carbocycles. The van der Waals surface area contributed by atoms with Gasteiger partial charge >= 0.3 is 0 Å². The molecule has 150 valence electrons. The van der Waals surface area contributed by atoms with Crippen molar-refractivity contribution in [1.29, 1.82) is 0 Å². The highest BCUT2D eigenvalue weighted by Gasteiger charge is 2.42. The summed E-state index contributed by atoms with van der Waals surface area (Å²) in [6, 6.07) is 0.322. The van der Waals surface area contributed by atoms with Gasteiger partial charge in [0.2, 0.25) is 5.91 Å². The van der Waals surface area contributed by atoms with Crippen molar-refractivity contribution in [1.82, 2.24) is 14.7 Å². The van der Waals surface area contributed by atoms with E-state index < -0.39 is 0 Å². The van der Waals surface area contributed by atoms with Gasteiger partial charge in [-0.3, -0.25) is 14.3 Å². The second-order valence-electron chi connectivity index (χ2n) is 9.48. The fourth-order valence-electron chi connectivity index (χ4n) is 5.36. The lowest BCUT2D eigenvalue weighted by Crippen LogP contribution is -2.32. The Hall–Kier alpha value is -2.09. The molecule has 5 heteroatoms. The maximum atomic E-state index is 13.2. The predicted octanol–water partition coefficient (Wildman–Crippen LogP) is 4.23. The lowest BCUT2D eigenvalue weighted by atomic mass is 9.75. The first-order valence-electron chi connectivity index (χ1n) is 10.8. The van der Waals surface area contributed by atoms with Crippen LogP contribution in [0.25, 0.3) is 0 Å². The largest absolute Gasteiger partial charge is 0.334 e. The number of nitrogens with zero attached hydrogens (tertiary/aromatic N) is 3. The smallest absolute Gasteiger partial charge is 0.224 e. The van der Waals surface area contributed by atoms with Gasteiger partial charge in [0.25, 0.3) is 0 Å². The Balaban J connectivity index is 1.74. The first-order chi connectivity index (χ1) is 13.4. The highest BCUT2D eigenvalue weighted by atomic mass is 16.2. The van der Waals surface area contributed by atoms with E-state index in [1.807, 2.05) is 4.90 Å². The standard InChI is InChI=1S/C23H31N3O2/c1-4-5-12-20(28)25-13-8-11-17(25)22-21-18(14-23(2,3)15-19(21)27)26(24-22)16-9-6-7-10-16/h1,16-17H,5-15H2,2-3H3/t17-/m0/s1. The van der Waals surface area contributed by atoms with Crippen molar-refractivity contribution in [2.24, 2.45) is 5.41 Å². The minimum atomic E-state index is -0.0770. The number of fused-ring (bicyclic) bond motifs is 1. The second kappa shape index (κ2) is 7.39. The summed E-state index contributed by atoms with van der Waals surface area (Å²) in [5.74, 6) is 2.86. The summed E-state index contributed by atoms with van der Waals surface area (Å²) in [4.78, 5) is 27.8. The maximum absolute atomic E-state index is 13.2. The topological polar surface area (TPSA) is 55.2 Å². The molecule has 0 spiro atoms. The quantitative estimate of drug-likeness (QED) is 0.734. The lowest BCUT2D eigenvalue weighted by molar-refractivity contribution is -0.132. The van der Waals surface area contributed by atoms with Crippen LogP contribution in [-0.4, -0.2) is 32.9 Å². The van der Waals surface area contributed by atoms with Crippen LogP contribution in [-0.2, 0) is 11.2 Å². The lowest BCUT2D eigenvalue weighted by Gasteiger charge is -2.31. The Morgan fingerprint density at radius 3 is 2.68 bits per heavy atom. The van der Waals surface area contributed by atoms with Gasteiger partial charge < -0.3 is 4.90 Å². The molecule has 28 heavy (non-hydrogen) atoms. The molecule has 1 aromatic rings. The van der Waals surface area contributed by atoms with E-state index in [-0.39, 0.29) is 23.1 Å².